The van der Waals surface area contributed by atoms with Crippen molar-refractivity contribution in [2.45, 2.75) is 33.8 Å². The van der Waals surface area contributed by atoms with E-state index in [2.05, 4.69) is 10.4 Å². The van der Waals surface area contributed by atoms with Crippen LogP contribution >= 0.6 is 0 Å². The van der Waals surface area contributed by atoms with Crippen LogP contribution in [0.2, 0.25) is 0 Å². The number of rotatable bonds is 7. The quantitative estimate of drug-likeness (QED) is 0.596. The molecule has 0 aliphatic heterocycles. The molecule has 1 aromatic carbocycles. The number of aromatic nitrogens is 2. The molecule has 0 saturated heterocycles. The zero-order valence-electron chi connectivity index (χ0n) is 15.1. The molecule has 25 heavy (non-hydrogen) atoms. The van der Waals surface area contributed by atoms with Crippen LogP contribution in [0.3, 0.4) is 0 Å². The molecule has 6 nitrogen and oxygen atoms in total. The van der Waals surface area contributed by atoms with Gasteiger partial charge in [-0.1, -0.05) is 45.9 Å². The summed E-state index contributed by atoms with van der Waals surface area (Å²) >= 11 is 0. The van der Waals surface area contributed by atoms with Crippen LogP contribution < -0.4 is 5.32 Å². The van der Waals surface area contributed by atoms with Gasteiger partial charge in [0.05, 0.1) is 23.6 Å². The van der Waals surface area contributed by atoms with Gasteiger partial charge in [0.15, 0.2) is 0 Å². The minimum absolute atomic E-state index is 0.0618. The lowest BCUT2D eigenvalue weighted by molar-refractivity contribution is -0.118. The van der Waals surface area contributed by atoms with Crippen LogP contribution in [0.1, 0.15) is 38.1 Å². The Morgan fingerprint density at radius 2 is 1.88 bits per heavy atom. The second kappa shape index (κ2) is 7.61. The summed E-state index contributed by atoms with van der Waals surface area (Å²) in [6, 6.07) is 9.34. The second-order valence-electron chi connectivity index (χ2n) is 7.20. The van der Waals surface area contributed by atoms with Gasteiger partial charge in [0.2, 0.25) is 0 Å². The number of benzene rings is 1. The highest BCUT2D eigenvalue weighted by Gasteiger charge is 2.31. The summed E-state index contributed by atoms with van der Waals surface area (Å²) in [6.07, 6.45) is 2.33. The van der Waals surface area contributed by atoms with E-state index < -0.39 is 23.2 Å². The Balaban J connectivity index is 2.01. The van der Waals surface area contributed by atoms with Gasteiger partial charge in [-0.05, 0) is 18.1 Å². The molecule has 0 radical (unpaired) electrons. The van der Waals surface area contributed by atoms with Gasteiger partial charge in [0.1, 0.15) is 0 Å². The number of ketones is 1. The van der Waals surface area contributed by atoms with E-state index in [4.69, 9.17) is 0 Å². The van der Waals surface area contributed by atoms with Crippen molar-refractivity contribution in [2.24, 2.45) is 11.3 Å². The van der Waals surface area contributed by atoms with Crippen molar-refractivity contribution >= 4 is 11.7 Å². The standard InChI is InChI=1S/C19H25N3O3/c1-13(2)17(24)19(3,4)12-20-18(25)16(23)14-10-21-22(11-14)15-8-6-5-7-9-15/h5-11,13,17,24H,12H2,1-4H3,(H,20,25). The first-order valence-corrected chi connectivity index (χ1v) is 8.33. The molecule has 0 bridgehead atoms. The normalized spacial score (nSPS) is 12.9. The first-order chi connectivity index (χ1) is 11.7. The third-order valence-electron chi connectivity index (χ3n) is 4.21. The van der Waals surface area contributed by atoms with Crippen LogP contribution in [-0.2, 0) is 4.79 Å². The van der Waals surface area contributed by atoms with Gasteiger partial charge in [0.25, 0.3) is 11.7 Å². The Morgan fingerprint density at radius 3 is 2.48 bits per heavy atom. The summed E-state index contributed by atoms with van der Waals surface area (Å²) in [7, 11) is 0. The number of para-hydroxylation sites is 1. The minimum Gasteiger partial charge on any atom is -0.392 e. The fraction of sp³-hybridized carbons (Fsp3) is 0.421. The predicted molar refractivity (Wildman–Crippen MR) is 95.5 cm³/mol. The average molecular weight is 343 g/mol. The van der Waals surface area contributed by atoms with Crippen LogP contribution in [0.25, 0.3) is 5.69 Å². The molecule has 1 atom stereocenters. The van der Waals surface area contributed by atoms with E-state index in [9.17, 15) is 14.7 Å². The summed E-state index contributed by atoms with van der Waals surface area (Å²) in [5.74, 6) is -1.28. The van der Waals surface area contributed by atoms with Gasteiger partial charge in [0, 0.05) is 18.2 Å². The summed E-state index contributed by atoms with van der Waals surface area (Å²) < 4.78 is 1.55. The number of hydrogen-bond donors (Lipinski definition) is 2. The third-order valence-corrected chi connectivity index (χ3v) is 4.21. The van der Waals surface area contributed by atoms with Crippen LogP contribution in [0, 0.1) is 11.3 Å². The molecule has 1 unspecified atom stereocenters. The highest BCUT2D eigenvalue weighted by atomic mass is 16.3. The molecule has 1 heterocycles. The molecule has 2 aromatic rings. The van der Waals surface area contributed by atoms with Gasteiger partial charge in [-0.2, -0.15) is 5.10 Å². The molecule has 0 saturated carbocycles. The number of carbonyl (C=O) groups excluding carboxylic acids is 2. The van der Waals surface area contributed by atoms with E-state index in [0.717, 1.165) is 5.69 Å². The van der Waals surface area contributed by atoms with Crippen molar-refractivity contribution in [3.05, 3.63) is 48.3 Å². The van der Waals surface area contributed by atoms with E-state index >= 15 is 0 Å². The fourth-order valence-electron chi connectivity index (χ4n) is 2.69. The highest BCUT2D eigenvalue weighted by molar-refractivity contribution is 6.42. The molecule has 0 aliphatic carbocycles. The molecule has 1 aromatic heterocycles. The zero-order chi connectivity index (χ0) is 18.6. The highest BCUT2D eigenvalue weighted by Crippen LogP contribution is 2.25. The SMILES string of the molecule is CC(C)C(O)C(C)(C)CNC(=O)C(=O)c1cnn(-c2ccccc2)c1. The Labute approximate surface area is 147 Å². The van der Waals surface area contributed by atoms with E-state index in [1.807, 2.05) is 58.0 Å². The number of carbonyl (C=O) groups is 2. The Morgan fingerprint density at radius 1 is 1.24 bits per heavy atom. The number of aliphatic hydroxyl groups excluding tert-OH is 1. The number of amides is 1. The fourth-order valence-corrected chi connectivity index (χ4v) is 2.69. The summed E-state index contributed by atoms with van der Waals surface area (Å²) in [5.41, 5.74) is 0.505. The lowest BCUT2D eigenvalue weighted by Crippen LogP contribution is -2.45. The minimum atomic E-state index is -0.698. The molecule has 6 heteroatoms. The molecule has 0 spiro atoms. The molecule has 0 fully saturated rings. The smallest absolute Gasteiger partial charge is 0.292 e. The average Bonchev–Trinajstić information content (AvgIpc) is 3.09. The first-order valence-electron chi connectivity index (χ1n) is 8.33. The molecule has 2 N–H and O–H groups in total. The second-order valence-corrected chi connectivity index (χ2v) is 7.20. The summed E-state index contributed by atoms with van der Waals surface area (Å²) in [4.78, 5) is 24.4. The number of nitrogens with zero attached hydrogens (tertiary/aromatic N) is 2. The van der Waals surface area contributed by atoms with Crippen LogP contribution in [-0.4, -0.2) is 39.2 Å². The summed E-state index contributed by atoms with van der Waals surface area (Å²) in [6.45, 7) is 7.75. The molecular formula is C19H25N3O3. The lowest BCUT2D eigenvalue weighted by atomic mass is 9.80. The van der Waals surface area contributed by atoms with E-state index in [0.29, 0.717) is 0 Å². The number of nitrogens with one attached hydrogen (secondary N) is 1. The van der Waals surface area contributed by atoms with Crippen molar-refractivity contribution in [1.29, 1.82) is 0 Å². The van der Waals surface area contributed by atoms with Gasteiger partial charge in [-0.25, -0.2) is 4.68 Å². The molecule has 0 aliphatic rings. The molecule has 134 valence electrons. The van der Waals surface area contributed by atoms with E-state index in [-0.39, 0.29) is 18.0 Å². The van der Waals surface area contributed by atoms with E-state index in [1.54, 1.807) is 4.68 Å². The third kappa shape index (κ3) is 4.54. The van der Waals surface area contributed by atoms with Crippen molar-refractivity contribution in [2.75, 3.05) is 6.54 Å². The predicted octanol–water partition coefficient (Wildman–Crippen LogP) is 2.21. The molecule has 1 amide bonds. The zero-order valence-corrected chi connectivity index (χ0v) is 15.1. The van der Waals surface area contributed by atoms with Crippen molar-refractivity contribution in [3.63, 3.8) is 0 Å². The first kappa shape index (κ1) is 18.9. The largest absolute Gasteiger partial charge is 0.392 e. The molecular weight excluding hydrogens is 318 g/mol. The Bertz CT molecular complexity index is 735. The number of aliphatic hydroxyl groups is 1. The molecule has 2 rings (SSSR count). The summed E-state index contributed by atoms with van der Waals surface area (Å²) in [5, 5.41) is 16.9. The Hall–Kier alpha value is -2.47. The topological polar surface area (TPSA) is 84.2 Å². The number of Topliss-reactive ketones (excluding diaryl/α,β-unsaturated/α-hetero) is 1. The van der Waals surface area contributed by atoms with Gasteiger partial charge < -0.3 is 10.4 Å². The van der Waals surface area contributed by atoms with Crippen LogP contribution in [0.4, 0.5) is 0 Å². The lowest BCUT2D eigenvalue weighted by Gasteiger charge is -2.33. The van der Waals surface area contributed by atoms with Gasteiger partial charge >= 0.3 is 0 Å². The van der Waals surface area contributed by atoms with Crippen molar-refractivity contribution in [3.8, 4) is 5.69 Å². The van der Waals surface area contributed by atoms with Crippen LogP contribution in [0.15, 0.2) is 42.7 Å². The maximum absolute atomic E-state index is 12.3. The van der Waals surface area contributed by atoms with E-state index in [1.165, 1.54) is 12.4 Å². The maximum atomic E-state index is 12.3. The van der Waals surface area contributed by atoms with Gasteiger partial charge in [-0.3, -0.25) is 9.59 Å². The van der Waals surface area contributed by atoms with Crippen molar-refractivity contribution in [1.82, 2.24) is 15.1 Å². The van der Waals surface area contributed by atoms with Crippen molar-refractivity contribution < 1.29 is 14.7 Å². The number of hydrogen-bond acceptors (Lipinski definition) is 4. The Kier molecular flexibility index (Phi) is 5.74. The van der Waals surface area contributed by atoms with Crippen LogP contribution in [0.5, 0.6) is 0 Å². The maximum Gasteiger partial charge on any atom is 0.292 e. The van der Waals surface area contributed by atoms with Gasteiger partial charge in [-0.15, -0.1) is 0 Å². The monoisotopic (exact) mass is 343 g/mol.